The van der Waals surface area contributed by atoms with Gasteiger partial charge in [-0.25, -0.2) is 9.59 Å². The number of allylic oxidation sites excluding steroid dienone is 1. The fourth-order valence-electron chi connectivity index (χ4n) is 2.37. The molecule has 0 fully saturated rings. The Kier molecular flexibility index (Phi) is 5.87. The van der Waals surface area contributed by atoms with Crippen LogP contribution in [0.1, 0.15) is 25.5 Å². The predicted molar refractivity (Wildman–Crippen MR) is 86.4 cm³/mol. The average Bonchev–Trinajstić information content (AvgIpc) is 2.52. The molecule has 124 valence electrons. The number of carbonyl (C=O) groups excluding carboxylic acids is 2. The van der Waals surface area contributed by atoms with Crippen molar-refractivity contribution in [3.8, 4) is 5.75 Å². The highest BCUT2D eigenvalue weighted by Crippen LogP contribution is 2.29. The summed E-state index contributed by atoms with van der Waals surface area (Å²) in [6, 6.07) is 6.27. The van der Waals surface area contributed by atoms with E-state index < -0.39 is 12.0 Å². The van der Waals surface area contributed by atoms with E-state index in [1.165, 1.54) is 0 Å². The molecule has 0 spiro atoms. The van der Waals surface area contributed by atoms with Crippen molar-refractivity contribution in [1.29, 1.82) is 0 Å². The van der Waals surface area contributed by atoms with Crippen molar-refractivity contribution in [3.05, 3.63) is 41.1 Å². The van der Waals surface area contributed by atoms with E-state index in [-0.39, 0.29) is 18.5 Å². The second-order valence-electron chi connectivity index (χ2n) is 4.90. The van der Waals surface area contributed by atoms with Gasteiger partial charge in [0.2, 0.25) is 0 Å². The summed E-state index contributed by atoms with van der Waals surface area (Å²) in [4.78, 5) is 24.1. The smallest absolute Gasteiger partial charge is 0.338 e. The molecule has 7 heteroatoms. The third-order valence-electron chi connectivity index (χ3n) is 3.30. The summed E-state index contributed by atoms with van der Waals surface area (Å²) in [5.74, 6) is 0.369. The number of ether oxygens (including phenoxy) is 2. The van der Waals surface area contributed by atoms with Crippen LogP contribution in [-0.4, -0.2) is 31.1 Å². The number of carbonyl (C=O) groups is 2. The highest BCUT2D eigenvalue weighted by Gasteiger charge is 2.32. The third kappa shape index (κ3) is 4.16. The molecule has 6 nitrogen and oxygen atoms in total. The van der Waals surface area contributed by atoms with E-state index in [4.69, 9.17) is 21.1 Å². The molecule has 1 aliphatic heterocycles. The van der Waals surface area contributed by atoms with Gasteiger partial charge in [0.25, 0.3) is 0 Å². The molecule has 0 unspecified atom stereocenters. The lowest BCUT2D eigenvalue weighted by Crippen LogP contribution is -2.45. The van der Waals surface area contributed by atoms with E-state index in [1.54, 1.807) is 13.0 Å². The zero-order valence-electron chi connectivity index (χ0n) is 13.0. The fraction of sp³-hybridized carbons (Fsp3) is 0.375. The van der Waals surface area contributed by atoms with Crippen LogP contribution in [-0.2, 0) is 9.53 Å². The molecule has 23 heavy (non-hydrogen) atoms. The van der Waals surface area contributed by atoms with Crippen molar-refractivity contribution in [2.75, 3.05) is 19.1 Å². The van der Waals surface area contributed by atoms with E-state index in [0.717, 1.165) is 5.56 Å². The number of nitrogens with one attached hydrogen (secondary N) is 2. The van der Waals surface area contributed by atoms with Crippen LogP contribution in [0.15, 0.2) is 35.5 Å². The van der Waals surface area contributed by atoms with Gasteiger partial charge < -0.3 is 20.1 Å². The van der Waals surface area contributed by atoms with Crippen LogP contribution in [0.4, 0.5) is 4.79 Å². The van der Waals surface area contributed by atoms with Crippen molar-refractivity contribution in [1.82, 2.24) is 10.6 Å². The number of benzene rings is 1. The Balaban J connectivity index is 2.36. The second-order valence-corrected chi connectivity index (χ2v) is 5.28. The molecule has 1 aromatic rings. The number of hydrogen-bond donors (Lipinski definition) is 2. The Hall–Kier alpha value is -2.21. The van der Waals surface area contributed by atoms with Crippen LogP contribution in [0, 0.1) is 0 Å². The second kappa shape index (κ2) is 7.87. The standard InChI is InChI=1S/C16H19ClN2O4/c1-3-22-12-6-4-5-11(9-12)14-13(15(20)23-8-7-17)10(2)18-16(21)19-14/h4-6,9,14H,3,7-8H2,1-2H3,(H2,18,19,21)/t14-/m1/s1. The summed E-state index contributed by atoms with van der Waals surface area (Å²) in [5.41, 5.74) is 1.55. The number of hydrogen-bond acceptors (Lipinski definition) is 4. The predicted octanol–water partition coefficient (Wildman–Crippen LogP) is 2.50. The SMILES string of the molecule is CCOc1cccc([C@H]2NC(=O)NC(C)=C2C(=O)OCCCl)c1. The van der Waals surface area contributed by atoms with E-state index >= 15 is 0 Å². The molecule has 0 aliphatic carbocycles. The molecule has 0 saturated heterocycles. The van der Waals surface area contributed by atoms with Crippen LogP contribution in [0.5, 0.6) is 5.75 Å². The first-order valence-electron chi connectivity index (χ1n) is 7.31. The van der Waals surface area contributed by atoms with Crippen LogP contribution >= 0.6 is 11.6 Å². The summed E-state index contributed by atoms with van der Waals surface area (Å²) in [7, 11) is 0. The van der Waals surface area contributed by atoms with Crippen molar-refractivity contribution < 1.29 is 19.1 Å². The third-order valence-corrected chi connectivity index (χ3v) is 3.46. The van der Waals surface area contributed by atoms with Crippen LogP contribution in [0.25, 0.3) is 0 Å². The van der Waals surface area contributed by atoms with Crippen molar-refractivity contribution in [3.63, 3.8) is 0 Å². The Morgan fingerprint density at radius 2 is 2.17 bits per heavy atom. The Morgan fingerprint density at radius 3 is 2.87 bits per heavy atom. The molecular formula is C16H19ClN2O4. The largest absolute Gasteiger partial charge is 0.494 e. The first-order valence-corrected chi connectivity index (χ1v) is 7.84. The first-order chi connectivity index (χ1) is 11.1. The molecule has 2 N–H and O–H groups in total. The molecule has 1 aliphatic rings. The number of amides is 2. The maximum atomic E-state index is 12.3. The minimum absolute atomic E-state index is 0.108. The molecule has 2 amide bonds. The van der Waals surface area contributed by atoms with E-state index in [1.807, 2.05) is 25.1 Å². The number of urea groups is 1. The van der Waals surface area contributed by atoms with Gasteiger partial charge in [0.1, 0.15) is 12.4 Å². The van der Waals surface area contributed by atoms with Gasteiger partial charge in [-0.1, -0.05) is 12.1 Å². The van der Waals surface area contributed by atoms with Gasteiger partial charge in [0.05, 0.1) is 24.1 Å². The molecular weight excluding hydrogens is 320 g/mol. The number of rotatable bonds is 6. The highest BCUT2D eigenvalue weighted by atomic mass is 35.5. The van der Waals surface area contributed by atoms with Gasteiger partial charge in [-0.2, -0.15) is 0 Å². The van der Waals surface area contributed by atoms with Crippen LogP contribution in [0.3, 0.4) is 0 Å². The lowest BCUT2D eigenvalue weighted by molar-refractivity contribution is -0.139. The molecule has 0 saturated carbocycles. The molecule has 0 aromatic heterocycles. The lowest BCUT2D eigenvalue weighted by Gasteiger charge is -2.28. The topological polar surface area (TPSA) is 76.7 Å². The van der Waals surface area contributed by atoms with Gasteiger partial charge >= 0.3 is 12.0 Å². The molecule has 1 aromatic carbocycles. The fourth-order valence-corrected chi connectivity index (χ4v) is 2.45. The quantitative estimate of drug-likeness (QED) is 0.617. The molecule has 2 rings (SSSR count). The summed E-state index contributed by atoms with van der Waals surface area (Å²) >= 11 is 5.56. The zero-order chi connectivity index (χ0) is 16.8. The van der Waals surface area contributed by atoms with Crippen molar-refractivity contribution in [2.24, 2.45) is 0 Å². The van der Waals surface area contributed by atoms with Crippen LogP contribution in [0.2, 0.25) is 0 Å². The normalized spacial score (nSPS) is 17.3. The number of halogens is 1. The molecule has 1 heterocycles. The number of alkyl halides is 1. The van der Waals surface area contributed by atoms with Gasteiger partial charge in [-0.15, -0.1) is 11.6 Å². The maximum Gasteiger partial charge on any atom is 0.338 e. The van der Waals surface area contributed by atoms with Crippen molar-refractivity contribution in [2.45, 2.75) is 19.9 Å². The highest BCUT2D eigenvalue weighted by molar-refractivity contribution is 6.18. The minimum Gasteiger partial charge on any atom is -0.494 e. The lowest BCUT2D eigenvalue weighted by atomic mass is 9.95. The monoisotopic (exact) mass is 338 g/mol. The summed E-state index contributed by atoms with van der Waals surface area (Å²) in [5, 5.41) is 5.33. The molecule has 1 atom stereocenters. The maximum absolute atomic E-state index is 12.3. The van der Waals surface area contributed by atoms with Gasteiger partial charge in [-0.05, 0) is 31.5 Å². The Bertz CT molecular complexity index is 630. The van der Waals surface area contributed by atoms with E-state index in [2.05, 4.69) is 10.6 Å². The molecule has 0 bridgehead atoms. The van der Waals surface area contributed by atoms with Gasteiger partial charge in [0.15, 0.2) is 0 Å². The first kappa shape index (κ1) is 17.1. The molecule has 0 radical (unpaired) electrons. The van der Waals surface area contributed by atoms with Crippen LogP contribution < -0.4 is 15.4 Å². The van der Waals surface area contributed by atoms with Gasteiger partial charge in [-0.3, -0.25) is 0 Å². The minimum atomic E-state index is -0.605. The summed E-state index contributed by atoms with van der Waals surface area (Å²) < 4.78 is 10.6. The van der Waals surface area contributed by atoms with Crippen molar-refractivity contribution >= 4 is 23.6 Å². The Labute approximate surface area is 139 Å². The van der Waals surface area contributed by atoms with Gasteiger partial charge in [0, 0.05) is 5.70 Å². The number of esters is 1. The summed E-state index contributed by atoms with van der Waals surface area (Å²) in [6.45, 7) is 4.19. The zero-order valence-corrected chi connectivity index (χ0v) is 13.8. The van der Waals surface area contributed by atoms with E-state index in [9.17, 15) is 9.59 Å². The van der Waals surface area contributed by atoms with E-state index in [0.29, 0.717) is 23.6 Å². The summed E-state index contributed by atoms with van der Waals surface area (Å²) in [6.07, 6.45) is 0. The average molecular weight is 339 g/mol. The Morgan fingerprint density at radius 1 is 1.39 bits per heavy atom.